The third kappa shape index (κ3) is 4.77. The molecule has 0 aliphatic heterocycles. The summed E-state index contributed by atoms with van der Waals surface area (Å²) in [4.78, 5) is 2.35. The first-order valence-electron chi connectivity index (χ1n) is 10.7. The molecule has 0 bridgehead atoms. The lowest BCUT2D eigenvalue weighted by molar-refractivity contribution is 0.414. The van der Waals surface area contributed by atoms with Gasteiger partial charge in [0.2, 0.25) is 0 Å². The van der Waals surface area contributed by atoms with E-state index in [2.05, 4.69) is 98.0 Å². The van der Waals surface area contributed by atoms with E-state index in [1.54, 1.807) is 26.0 Å². The highest BCUT2D eigenvalue weighted by Crippen LogP contribution is 2.36. The lowest BCUT2D eigenvalue weighted by atomic mass is 10.0. The summed E-state index contributed by atoms with van der Waals surface area (Å²) in [5, 5.41) is 2.87. The maximum Gasteiger partial charge on any atom is 0.126 e. The van der Waals surface area contributed by atoms with Gasteiger partial charge in [-0.15, -0.1) is 0 Å². The van der Waals surface area contributed by atoms with Crippen LogP contribution in [0.15, 0.2) is 107 Å². The van der Waals surface area contributed by atoms with Crippen LogP contribution >= 0.6 is 11.8 Å². The molecule has 0 atom stereocenters. The summed E-state index contributed by atoms with van der Waals surface area (Å²) in [6.07, 6.45) is 0. The first-order valence-corrected chi connectivity index (χ1v) is 14.5. The van der Waals surface area contributed by atoms with Gasteiger partial charge in [0, 0.05) is 15.4 Å². The highest BCUT2D eigenvalue weighted by molar-refractivity contribution is 7.99. The van der Waals surface area contributed by atoms with Crippen molar-refractivity contribution in [3.63, 3.8) is 0 Å². The van der Waals surface area contributed by atoms with E-state index in [0.29, 0.717) is 0 Å². The lowest BCUT2D eigenvalue weighted by Gasteiger charge is -2.24. The van der Waals surface area contributed by atoms with Crippen molar-refractivity contribution in [1.29, 1.82) is 0 Å². The van der Waals surface area contributed by atoms with Gasteiger partial charge in [0.05, 0.1) is 14.2 Å². The molecule has 2 nitrogen and oxygen atoms in total. The zero-order valence-electron chi connectivity index (χ0n) is 19.0. The second-order valence-electron chi connectivity index (χ2n) is 8.21. The Morgan fingerprint density at radius 3 is 1.88 bits per heavy atom. The topological polar surface area (TPSA) is 18.5 Å². The van der Waals surface area contributed by atoms with Crippen LogP contribution < -0.4 is 19.8 Å². The molecule has 0 heterocycles. The Hall–Kier alpha value is -2.95. The van der Waals surface area contributed by atoms with Crippen LogP contribution in [-0.2, 0) is 0 Å². The third-order valence-corrected chi connectivity index (χ3v) is 10.4. The van der Waals surface area contributed by atoms with Crippen molar-refractivity contribution in [2.24, 2.45) is 0 Å². The number of ether oxygens (including phenoxy) is 2. The zero-order chi connectivity index (χ0) is 22.6. The summed E-state index contributed by atoms with van der Waals surface area (Å²) in [5.74, 6) is 1.75. The maximum atomic E-state index is 5.68. The van der Waals surface area contributed by atoms with Crippen LogP contribution in [0.1, 0.15) is 0 Å². The van der Waals surface area contributed by atoms with E-state index in [4.69, 9.17) is 9.47 Å². The average molecular weight is 457 g/mol. The van der Waals surface area contributed by atoms with Crippen LogP contribution in [0.5, 0.6) is 11.5 Å². The van der Waals surface area contributed by atoms with Crippen LogP contribution in [0.25, 0.3) is 11.1 Å². The summed E-state index contributed by atoms with van der Waals surface area (Å²) >= 11 is 1.74. The van der Waals surface area contributed by atoms with Crippen LogP contribution in [0, 0.1) is 0 Å². The molecular weight excluding hydrogens is 428 g/mol. The molecule has 0 amide bonds. The maximum absolute atomic E-state index is 5.68. The van der Waals surface area contributed by atoms with E-state index in [-0.39, 0.29) is 0 Å². The molecule has 32 heavy (non-hydrogen) atoms. The van der Waals surface area contributed by atoms with E-state index in [0.717, 1.165) is 17.1 Å². The molecule has 0 aliphatic rings. The Morgan fingerprint density at radius 1 is 0.625 bits per heavy atom. The fourth-order valence-corrected chi connectivity index (χ4v) is 7.06. The van der Waals surface area contributed by atoms with E-state index in [1.807, 2.05) is 12.1 Å². The second kappa shape index (κ2) is 9.68. The SMILES string of the molecule is COc1ccc(Sc2ccc(OC)c(-c3ccc([Si](C)(C)c4ccccc4)cc3)c2)cc1. The van der Waals surface area contributed by atoms with Crippen molar-refractivity contribution in [2.45, 2.75) is 22.9 Å². The predicted molar refractivity (Wildman–Crippen MR) is 139 cm³/mol. The van der Waals surface area contributed by atoms with Crippen molar-refractivity contribution in [1.82, 2.24) is 0 Å². The molecule has 0 saturated heterocycles. The van der Waals surface area contributed by atoms with Gasteiger partial charge in [0.15, 0.2) is 0 Å². The lowest BCUT2D eigenvalue weighted by Crippen LogP contribution is -2.52. The average Bonchev–Trinajstić information content (AvgIpc) is 2.85. The number of methoxy groups -OCH3 is 2. The normalized spacial score (nSPS) is 11.2. The molecular formula is C28H28O2SSi. The minimum atomic E-state index is -1.72. The van der Waals surface area contributed by atoms with Gasteiger partial charge in [-0.05, 0) is 48.0 Å². The van der Waals surface area contributed by atoms with Gasteiger partial charge in [-0.25, -0.2) is 0 Å². The van der Waals surface area contributed by atoms with E-state index >= 15 is 0 Å². The van der Waals surface area contributed by atoms with E-state index in [9.17, 15) is 0 Å². The monoisotopic (exact) mass is 456 g/mol. The molecule has 0 N–H and O–H groups in total. The van der Waals surface area contributed by atoms with Crippen LogP contribution in [-0.4, -0.2) is 22.3 Å². The second-order valence-corrected chi connectivity index (χ2v) is 13.8. The molecule has 0 spiro atoms. The van der Waals surface area contributed by atoms with Gasteiger partial charge in [0.1, 0.15) is 19.6 Å². The zero-order valence-corrected chi connectivity index (χ0v) is 20.8. The predicted octanol–water partition coefficient (Wildman–Crippen LogP) is 6.34. The number of rotatable bonds is 7. The number of benzene rings is 4. The van der Waals surface area contributed by atoms with Crippen molar-refractivity contribution >= 4 is 30.2 Å². The molecule has 0 aliphatic carbocycles. The van der Waals surface area contributed by atoms with Crippen molar-refractivity contribution in [3.05, 3.63) is 97.1 Å². The summed E-state index contributed by atoms with van der Waals surface area (Å²) < 4.78 is 11.0. The Labute approximate surface area is 196 Å². The molecule has 0 saturated carbocycles. The smallest absolute Gasteiger partial charge is 0.126 e. The molecule has 0 aromatic heterocycles. The Balaban J connectivity index is 1.62. The van der Waals surface area contributed by atoms with E-state index in [1.165, 1.54) is 25.7 Å². The molecule has 0 unspecified atom stereocenters. The minimum Gasteiger partial charge on any atom is -0.497 e. The molecule has 4 heteroatoms. The van der Waals surface area contributed by atoms with E-state index < -0.39 is 8.07 Å². The van der Waals surface area contributed by atoms with Crippen LogP contribution in [0.4, 0.5) is 0 Å². The largest absolute Gasteiger partial charge is 0.497 e. The minimum absolute atomic E-state index is 0.867. The highest BCUT2D eigenvalue weighted by atomic mass is 32.2. The molecule has 162 valence electrons. The molecule has 4 aromatic rings. The Bertz CT molecular complexity index is 1170. The van der Waals surface area contributed by atoms with Crippen molar-refractivity contribution < 1.29 is 9.47 Å². The van der Waals surface area contributed by atoms with Crippen LogP contribution in [0.2, 0.25) is 13.1 Å². The van der Waals surface area contributed by atoms with Gasteiger partial charge < -0.3 is 9.47 Å². The van der Waals surface area contributed by atoms with Gasteiger partial charge in [0.25, 0.3) is 0 Å². The molecule has 4 rings (SSSR count). The van der Waals surface area contributed by atoms with Crippen LogP contribution in [0.3, 0.4) is 0 Å². The number of hydrogen-bond donors (Lipinski definition) is 0. The van der Waals surface area contributed by atoms with Gasteiger partial charge >= 0.3 is 0 Å². The highest BCUT2D eigenvalue weighted by Gasteiger charge is 2.25. The molecule has 4 aromatic carbocycles. The fourth-order valence-electron chi connectivity index (χ4n) is 3.84. The van der Waals surface area contributed by atoms with Crippen molar-refractivity contribution in [3.8, 4) is 22.6 Å². The quantitative estimate of drug-likeness (QED) is 0.302. The van der Waals surface area contributed by atoms with Gasteiger partial charge in [-0.3, -0.25) is 0 Å². The fraction of sp³-hybridized carbons (Fsp3) is 0.143. The van der Waals surface area contributed by atoms with Gasteiger partial charge in [-0.1, -0.05) is 89.8 Å². The molecule has 0 fully saturated rings. The first kappa shape index (κ1) is 22.2. The number of hydrogen-bond acceptors (Lipinski definition) is 3. The first-order chi connectivity index (χ1) is 15.5. The Morgan fingerprint density at radius 2 is 1.25 bits per heavy atom. The summed E-state index contributed by atoms with van der Waals surface area (Å²) in [5.41, 5.74) is 2.28. The summed E-state index contributed by atoms with van der Waals surface area (Å²) in [7, 11) is 1.70. The third-order valence-electron chi connectivity index (χ3n) is 5.88. The Kier molecular flexibility index (Phi) is 6.73. The van der Waals surface area contributed by atoms with Crippen molar-refractivity contribution in [2.75, 3.05) is 14.2 Å². The standard InChI is InChI=1S/C28H28O2SSi/c1-29-22-12-14-23(15-13-22)31-24-16-19-28(30-2)27(20-24)21-10-17-26(18-11-21)32(3,4)25-8-6-5-7-9-25/h5-20H,1-4H3. The summed E-state index contributed by atoms with van der Waals surface area (Å²) in [6, 6.07) is 34.4. The molecule has 0 radical (unpaired) electrons. The van der Waals surface area contributed by atoms with Gasteiger partial charge in [-0.2, -0.15) is 0 Å². The summed E-state index contributed by atoms with van der Waals surface area (Å²) in [6.45, 7) is 4.81.